The van der Waals surface area contributed by atoms with E-state index in [1.165, 1.54) is 0 Å². The summed E-state index contributed by atoms with van der Waals surface area (Å²) in [7, 11) is -0.569. The van der Waals surface area contributed by atoms with Gasteiger partial charge in [-0.3, -0.25) is 14.6 Å². The number of nitro groups is 1. The highest BCUT2D eigenvalue weighted by Gasteiger charge is 2.68. The fourth-order valence-electron chi connectivity index (χ4n) is 6.99. The lowest BCUT2D eigenvalue weighted by molar-refractivity contribution is -0.525. The summed E-state index contributed by atoms with van der Waals surface area (Å²) >= 11 is 0. The van der Waals surface area contributed by atoms with Crippen LogP contribution in [0.1, 0.15) is 83.5 Å². The molecular formula is C28H43BN6O6. The topological polar surface area (TPSA) is 171 Å². The summed E-state index contributed by atoms with van der Waals surface area (Å²) in [4.78, 5) is 45.3. The molecule has 1 saturated heterocycles. The maximum Gasteiger partial charge on any atom is 0.481 e. The number of amides is 1. The van der Waals surface area contributed by atoms with Crippen LogP contribution in [0.3, 0.4) is 0 Å². The molecular weight excluding hydrogens is 527 g/mol. The van der Waals surface area contributed by atoms with E-state index in [4.69, 9.17) is 15.0 Å². The van der Waals surface area contributed by atoms with Gasteiger partial charge in [-0.25, -0.2) is 15.1 Å². The van der Waals surface area contributed by atoms with Crippen molar-refractivity contribution >= 4 is 24.8 Å². The van der Waals surface area contributed by atoms with Gasteiger partial charge in [-0.05, 0) is 74.3 Å². The number of Topliss-reactive ketones (excluding diaryl/α,β-unsaturated/α-hetero) is 1. The molecule has 13 heteroatoms. The van der Waals surface area contributed by atoms with Gasteiger partial charge in [0.2, 0.25) is 5.91 Å². The first kappa shape index (κ1) is 30.9. The van der Waals surface area contributed by atoms with E-state index in [2.05, 4.69) is 49.9 Å². The number of hydrogen-bond acceptors (Lipinski definition) is 8. The SMILES string of the molecule is CC(C)C[C@H](NC(=O)[C@H](CCCN=C(N)N[N+](=O)[O-])CC(=O)c1ccncc1)B1O[C@@H]2C[C@@H]3C[C@@H](C3(C)C)[C@]2(C)O1. The second-order valence-corrected chi connectivity index (χ2v) is 12.9. The number of carbonyl (C=O) groups is 2. The van der Waals surface area contributed by atoms with Crippen molar-refractivity contribution in [3.63, 3.8) is 0 Å². The Kier molecular flexibility index (Phi) is 9.37. The molecule has 0 aromatic carbocycles. The van der Waals surface area contributed by atoms with Crippen molar-refractivity contribution in [1.82, 2.24) is 15.7 Å². The largest absolute Gasteiger partial charge is 0.481 e. The maximum absolute atomic E-state index is 13.8. The minimum atomic E-state index is -0.786. The number of aliphatic imine (C=N–C) groups is 1. The Morgan fingerprint density at radius 1 is 1.27 bits per heavy atom. The highest BCUT2D eigenvalue weighted by Crippen LogP contribution is 2.65. The molecule has 2 heterocycles. The van der Waals surface area contributed by atoms with Crippen LogP contribution in [-0.2, 0) is 14.1 Å². The van der Waals surface area contributed by atoms with Crippen molar-refractivity contribution in [2.75, 3.05) is 6.54 Å². The van der Waals surface area contributed by atoms with Crippen LogP contribution >= 0.6 is 0 Å². The number of ketones is 1. The number of nitrogens with one attached hydrogen (secondary N) is 2. The summed E-state index contributed by atoms with van der Waals surface area (Å²) < 4.78 is 13.2. The molecule has 1 aromatic heterocycles. The molecule has 3 saturated carbocycles. The number of nitrogens with zero attached hydrogens (tertiary/aromatic N) is 3. The molecule has 3 aliphatic carbocycles. The molecule has 4 fully saturated rings. The third-order valence-corrected chi connectivity index (χ3v) is 9.35. The zero-order valence-corrected chi connectivity index (χ0v) is 24.7. The van der Waals surface area contributed by atoms with Gasteiger partial charge in [-0.1, -0.05) is 33.1 Å². The minimum absolute atomic E-state index is 0.00124. The zero-order valence-electron chi connectivity index (χ0n) is 24.7. The Balaban J connectivity index is 1.46. The summed E-state index contributed by atoms with van der Waals surface area (Å²) in [6.45, 7) is 11.1. The number of pyridine rings is 1. The maximum atomic E-state index is 13.8. The van der Waals surface area contributed by atoms with Crippen molar-refractivity contribution in [3.05, 3.63) is 40.2 Å². The number of rotatable bonds is 13. The van der Waals surface area contributed by atoms with Gasteiger partial charge in [0.05, 0.1) is 17.6 Å². The van der Waals surface area contributed by atoms with Gasteiger partial charge in [0, 0.05) is 36.8 Å². The van der Waals surface area contributed by atoms with E-state index in [0.29, 0.717) is 36.7 Å². The predicted octanol–water partition coefficient (Wildman–Crippen LogP) is 2.95. The number of hydrogen-bond donors (Lipinski definition) is 3. The molecule has 12 nitrogen and oxygen atoms in total. The smallest absolute Gasteiger partial charge is 0.404 e. The van der Waals surface area contributed by atoms with Gasteiger partial charge in [-0.2, -0.15) is 0 Å². The van der Waals surface area contributed by atoms with Crippen LogP contribution in [0.5, 0.6) is 0 Å². The van der Waals surface area contributed by atoms with Crippen LogP contribution < -0.4 is 16.5 Å². The summed E-state index contributed by atoms with van der Waals surface area (Å²) in [5.41, 5.74) is 7.61. The first-order chi connectivity index (χ1) is 19.3. The van der Waals surface area contributed by atoms with E-state index >= 15 is 0 Å². The minimum Gasteiger partial charge on any atom is -0.404 e. The Morgan fingerprint density at radius 2 is 1.98 bits per heavy atom. The van der Waals surface area contributed by atoms with Gasteiger partial charge >= 0.3 is 7.12 Å². The van der Waals surface area contributed by atoms with Crippen LogP contribution in [0, 0.1) is 39.2 Å². The van der Waals surface area contributed by atoms with Crippen molar-refractivity contribution in [1.29, 1.82) is 0 Å². The third kappa shape index (κ3) is 6.89. The highest BCUT2D eigenvalue weighted by molar-refractivity contribution is 6.47. The molecule has 41 heavy (non-hydrogen) atoms. The van der Waals surface area contributed by atoms with Crippen molar-refractivity contribution < 1.29 is 23.9 Å². The quantitative estimate of drug-likeness (QED) is 0.0613. The second kappa shape index (κ2) is 12.4. The predicted molar refractivity (Wildman–Crippen MR) is 154 cm³/mol. The van der Waals surface area contributed by atoms with Gasteiger partial charge < -0.3 is 20.4 Å². The Hall–Kier alpha value is -3.06. The van der Waals surface area contributed by atoms with Crippen LogP contribution in [0.25, 0.3) is 0 Å². The van der Waals surface area contributed by atoms with Crippen molar-refractivity contribution in [3.8, 4) is 0 Å². The molecule has 0 unspecified atom stereocenters. The number of hydrazine groups is 1. The van der Waals surface area contributed by atoms with E-state index in [1.807, 2.05) is 0 Å². The van der Waals surface area contributed by atoms with Crippen LogP contribution in [-0.4, -0.2) is 59.0 Å². The van der Waals surface area contributed by atoms with E-state index in [1.54, 1.807) is 30.0 Å². The molecule has 2 bridgehead atoms. The van der Waals surface area contributed by atoms with Crippen molar-refractivity contribution in [2.24, 2.45) is 39.8 Å². The zero-order chi connectivity index (χ0) is 29.9. The highest BCUT2D eigenvalue weighted by atomic mass is 16.7. The number of aromatic nitrogens is 1. The molecule has 4 aliphatic rings. The van der Waals surface area contributed by atoms with Gasteiger partial charge in [0.1, 0.15) is 0 Å². The molecule has 1 aliphatic heterocycles. The van der Waals surface area contributed by atoms with Crippen LogP contribution in [0.15, 0.2) is 29.5 Å². The lowest BCUT2D eigenvalue weighted by Crippen LogP contribution is -2.65. The fourth-order valence-corrected chi connectivity index (χ4v) is 6.99. The molecule has 1 aromatic rings. The first-order valence-electron chi connectivity index (χ1n) is 14.6. The summed E-state index contributed by atoms with van der Waals surface area (Å²) in [6, 6.07) is 3.25. The molecule has 4 N–H and O–H groups in total. The number of guanidine groups is 1. The average Bonchev–Trinajstić information content (AvgIpc) is 3.26. The van der Waals surface area contributed by atoms with Crippen LogP contribution in [0.4, 0.5) is 0 Å². The van der Waals surface area contributed by atoms with E-state index in [-0.39, 0.29) is 54.0 Å². The molecule has 1 amide bonds. The van der Waals surface area contributed by atoms with E-state index in [9.17, 15) is 19.7 Å². The lowest BCUT2D eigenvalue weighted by Gasteiger charge is -2.64. The molecule has 224 valence electrons. The normalized spacial score (nSPS) is 27.9. The number of carbonyl (C=O) groups excluding carboxylic acids is 2. The Morgan fingerprint density at radius 3 is 2.61 bits per heavy atom. The monoisotopic (exact) mass is 570 g/mol. The van der Waals surface area contributed by atoms with Crippen LogP contribution in [0.2, 0.25) is 0 Å². The summed E-state index contributed by atoms with van der Waals surface area (Å²) in [5.74, 6) is -0.452. The van der Waals surface area contributed by atoms with Gasteiger partial charge in [0.25, 0.3) is 5.96 Å². The van der Waals surface area contributed by atoms with Crippen molar-refractivity contribution in [2.45, 2.75) is 90.8 Å². The third-order valence-electron chi connectivity index (χ3n) is 9.35. The Labute approximate surface area is 241 Å². The molecule has 6 atom stereocenters. The molecule has 0 spiro atoms. The summed E-state index contributed by atoms with van der Waals surface area (Å²) in [5, 5.41) is 13.0. The summed E-state index contributed by atoms with van der Waals surface area (Å²) in [6.07, 6.45) is 6.59. The fraction of sp³-hybridized carbons (Fsp3) is 0.714. The first-order valence-corrected chi connectivity index (χ1v) is 14.6. The lowest BCUT2D eigenvalue weighted by atomic mass is 9.43. The standard InChI is InChI=1S/C28H43BN6O6/c1-17(2)13-24(29-40-23-16-20-15-22(27(20,3)4)28(23,5)41-29)33-25(37)19(7-6-10-32-26(30)34-35(38)39)14-21(36)18-8-11-31-12-9-18/h8-9,11-12,17,19-20,22-24H,6-7,10,13-16H2,1-5H3,(H,33,37)(H3,30,32,34)/t19-,20+,22+,23-,24+,28+/m1/s1. The second-order valence-electron chi connectivity index (χ2n) is 12.9. The van der Waals surface area contributed by atoms with E-state index in [0.717, 1.165) is 12.8 Å². The van der Waals surface area contributed by atoms with E-state index < -0.39 is 23.7 Å². The number of nitrogens with two attached hydrogens (primary N) is 1. The Bertz CT molecular complexity index is 1150. The molecule has 5 rings (SSSR count). The van der Waals surface area contributed by atoms with Gasteiger partial charge in [0.15, 0.2) is 10.8 Å². The average molecular weight is 571 g/mol. The van der Waals surface area contributed by atoms with Gasteiger partial charge in [-0.15, -0.1) is 0 Å². The molecule has 0 radical (unpaired) electrons.